The number of hydrogen-bond acceptors (Lipinski definition) is 3. The van der Waals surface area contributed by atoms with Gasteiger partial charge in [-0.2, -0.15) is 0 Å². The Morgan fingerprint density at radius 3 is 2.48 bits per heavy atom. The molecule has 1 saturated carbocycles. The third-order valence-electron chi connectivity index (χ3n) is 4.36. The number of nitrogens with zero attached hydrogens (tertiary/aromatic N) is 1. The minimum absolute atomic E-state index is 0. The number of benzene rings is 1. The van der Waals surface area contributed by atoms with E-state index in [0.29, 0.717) is 5.56 Å². The maximum absolute atomic E-state index is 12.6. The third-order valence-corrected chi connectivity index (χ3v) is 4.36. The van der Waals surface area contributed by atoms with Crippen molar-refractivity contribution in [3.05, 3.63) is 29.8 Å². The van der Waals surface area contributed by atoms with Gasteiger partial charge in [0.15, 0.2) is 0 Å². The summed E-state index contributed by atoms with van der Waals surface area (Å²) in [5.41, 5.74) is 5.94. The second-order valence-electron chi connectivity index (χ2n) is 6.20. The number of rotatable bonds is 6. The summed E-state index contributed by atoms with van der Waals surface area (Å²) in [6.07, 6.45) is -0.988. The molecule has 1 aromatic carbocycles. The largest absolute Gasteiger partial charge is 0.573 e. The van der Waals surface area contributed by atoms with Gasteiger partial charge in [-0.1, -0.05) is 38.0 Å². The van der Waals surface area contributed by atoms with Crippen LogP contribution in [0.5, 0.6) is 5.75 Å². The fourth-order valence-corrected chi connectivity index (χ4v) is 3.03. The van der Waals surface area contributed by atoms with E-state index in [1.54, 1.807) is 24.0 Å². The van der Waals surface area contributed by atoms with Crippen LogP contribution in [-0.2, 0) is 11.3 Å². The van der Waals surface area contributed by atoms with Crippen LogP contribution in [0.2, 0.25) is 0 Å². The predicted octanol–water partition coefficient (Wildman–Crippen LogP) is 3.87. The maximum atomic E-state index is 12.6. The van der Waals surface area contributed by atoms with E-state index in [-0.39, 0.29) is 49.1 Å². The van der Waals surface area contributed by atoms with Crippen molar-refractivity contribution in [2.75, 3.05) is 6.54 Å². The van der Waals surface area contributed by atoms with Crippen LogP contribution in [-0.4, -0.2) is 29.8 Å². The Morgan fingerprint density at radius 2 is 1.92 bits per heavy atom. The molecule has 1 unspecified atom stereocenters. The summed E-state index contributed by atoms with van der Waals surface area (Å²) in [5.74, 6) is -0.742. The van der Waals surface area contributed by atoms with Gasteiger partial charge in [0.2, 0.25) is 5.91 Å². The molecule has 1 fully saturated rings. The number of alkyl halides is 3. The molecule has 0 spiro atoms. The van der Waals surface area contributed by atoms with Crippen molar-refractivity contribution in [1.29, 1.82) is 0 Å². The van der Waals surface area contributed by atoms with Crippen LogP contribution in [0.25, 0.3) is 0 Å². The van der Waals surface area contributed by atoms with Crippen molar-refractivity contribution < 1.29 is 22.7 Å². The molecule has 0 aromatic heterocycles. The summed E-state index contributed by atoms with van der Waals surface area (Å²) in [5, 5.41) is 0. The lowest BCUT2D eigenvalue weighted by Gasteiger charge is -2.32. The molecule has 1 amide bonds. The van der Waals surface area contributed by atoms with Crippen LogP contribution < -0.4 is 10.5 Å². The highest BCUT2D eigenvalue weighted by molar-refractivity contribution is 5.85. The van der Waals surface area contributed by atoms with E-state index in [0.717, 1.165) is 25.7 Å². The molecule has 1 aliphatic rings. The first-order valence-electron chi connectivity index (χ1n) is 8.16. The second kappa shape index (κ2) is 9.29. The molecule has 0 saturated heterocycles. The van der Waals surface area contributed by atoms with E-state index >= 15 is 0 Å². The first-order chi connectivity index (χ1) is 11.3. The van der Waals surface area contributed by atoms with Crippen molar-refractivity contribution in [1.82, 2.24) is 4.90 Å². The van der Waals surface area contributed by atoms with Crippen molar-refractivity contribution in [2.45, 2.75) is 51.6 Å². The Hall–Kier alpha value is -1.47. The van der Waals surface area contributed by atoms with E-state index in [9.17, 15) is 18.0 Å². The number of hydrogen-bond donors (Lipinski definition) is 1. The molecule has 0 aliphatic heterocycles. The summed E-state index contributed by atoms with van der Waals surface area (Å²) in [6, 6.07) is 6.00. The van der Waals surface area contributed by atoms with E-state index in [1.165, 1.54) is 12.1 Å². The van der Waals surface area contributed by atoms with E-state index in [4.69, 9.17) is 5.73 Å². The number of nitrogens with two attached hydrogens (primary N) is 1. The monoisotopic (exact) mass is 380 g/mol. The van der Waals surface area contributed by atoms with Gasteiger partial charge >= 0.3 is 6.36 Å². The molecule has 1 atom stereocenters. The summed E-state index contributed by atoms with van der Waals surface area (Å²) in [7, 11) is 0. The molecular formula is C17H24ClF3N2O2. The van der Waals surface area contributed by atoms with Crippen LogP contribution in [0.4, 0.5) is 13.2 Å². The van der Waals surface area contributed by atoms with E-state index < -0.39 is 6.36 Å². The molecule has 4 nitrogen and oxygen atoms in total. The number of carbonyl (C=O) groups excluding carboxylic acids is 1. The van der Waals surface area contributed by atoms with Gasteiger partial charge in [-0.15, -0.1) is 25.6 Å². The quantitative estimate of drug-likeness (QED) is 0.815. The van der Waals surface area contributed by atoms with Crippen LogP contribution in [0.3, 0.4) is 0 Å². The molecule has 1 aromatic rings. The topological polar surface area (TPSA) is 55.6 Å². The molecule has 0 radical (unpaired) electrons. The van der Waals surface area contributed by atoms with Gasteiger partial charge in [-0.05, 0) is 18.9 Å². The number of halogens is 4. The highest BCUT2D eigenvalue weighted by Gasteiger charge is 2.34. The van der Waals surface area contributed by atoms with Gasteiger partial charge in [0, 0.05) is 30.6 Å². The average molecular weight is 381 g/mol. The molecule has 25 heavy (non-hydrogen) atoms. The van der Waals surface area contributed by atoms with Gasteiger partial charge in [0.05, 0.1) is 0 Å². The molecule has 2 N–H and O–H groups in total. The SMILES string of the molecule is CC(CN)C(=O)N(Cc1ccccc1OC(F)(F)F)C1CCCC1.Cl. The van der Waals surface area contributed by atoms with Crippen LogP contribution in [0.1, 0.15) is 38.2 Å². The van der Waals surface area contributed by atoms with Crippen LogP contribution >= 0.6 is 12.4 Å². The average Bonchev–Trinajstić information content (AvgIpc) is 3.05. The fourth-order valence-electron chi connectivity index (χ4n) is 3.03. The van der Waals surface area contributed by atoms with E-state index in [2.05, 4.69) is 4.74 Å². The maximum Gasteiger partial charge on any atom is 0.573 e. The molecule has 2 rings (SSSR count). The molecule has 1 aliphatic carbocycles. The zero-order valence-electron chi connectivity index (χ0n) is 14.1. The zero-order valence-corrected chi connectivity index (χ0v) is 14.9. The van der Waals surface area contributed by atoms with Crippen molar-refractivity contribution in [2.24, 2.45) is 11.7 Å². The Balaban J connectivity index is 0.00000312. The van der Waals surface area contributed by atoms with Crippen molar-refractivity contribution in [3.8, 4) is 5.75 Å². The number of carbonyl (C=O) groups is 1. The lowest BCUT2D eigenvalue weighted by molar-refractivity contribution is -0.275. The summed E-state index contributed by atoms with van der Waals surface area (Å²) in [4.78, 5) is 14.3. The van der Waals surface area contributed by atoms with Gasteiger partial charge in [-0.3, -0.25) is 4.79 Å². The highest BCUT2D eigenvalue weighted by atomic mass is 35.5. The first-order valence-corrected chi connectivity index (χ1v) is 8.16. The van der Waals surface area contributed by atoms with Crippen LogP contribution in [0, 0.1) is 5.92 Å². The Labute approximate surface area is 151 Å². The lowest BCUT2D eigenvalue weighted by Crippen LogP contribution is -2.43. The minimum atomic E-state index is -4.76. The van der Waals surface area contributed by atoms with Crippen LogP contribution in [0.15, 0.2) is 24.3 Å². The van der Waals surface area contributed by atoms with Crippen molar-refractivity contribution >= 4 is 18.3 Å². The fraction of sp³-hybridized carbons (Fsp3) is 0.588. The molecular weight excluding hydrogens is 357 g/mol. The molecule has 142 valence electrons. The number of ether oxygens (including phenoxy) is 1. The standard InChI is InChI=1S/C17H23F3N2O2.ClH/c1-12(10-21)16(23)22(14-7-3-4-8-14)11-13-6-2-5-9-15(13)24-17(18,19)20;/h2,5-6,9,12,14H,3-4,7-8,10-11,21H2,1H3;1H. The Bertz CT molecular complexity index is 563. The highest BCUT2D eigenvalue weighted by Crippen LogP contribution is 2.31. The van der Waals surface area contributed by atoms with E-state index in [1.807, 2.05) is 0 Å². The predicted molar refractivity (Wildman–Crippen MR) is 91.4 cm³/mol. The summed E-state index contributed by atoms with van der Waals surface area (Å²) in [6.45, 7) is 2.05. The molecule has 8 heteroatoms. The summed E-state index contributed by atoms with van der Waals surface area (Å²) >= 11 is 0. The minimum Gasteiger partial charge on any atom is -0.405 e. The number of para-hydroxylation sites is 1. The second-order valence-corrected chi connectivity index (χ2v) is 6.20. The van der Waals surface area contributed by atoms with Crippen molar-refractivity contribution in [3.63, 3.8) is 0 Å². The first kappa shape index (κ1) is 21.6. The smallest absolute Gasteiger partial charge is 0.405 e. The van der Waals surface area contributed by atoms with Gasteiger partial charge in [-0.25, -0.2) is 0 Å². The number of amides is 1. The van der Waals surface area contributed by atoms with Gasteiger partial charge in [0.25, 0.3) is 0 Å². The Kier molecular flexibility index (Phi) is 8.02. The normalized spacial score (nSPS) is 16.2. The van der Waals surface area contributed by atoms with Gasteiger partial charge < -0.3 is 15.4 Å². The molecule has 0 heterocycles. The summed E-state index contributed by atoms with van der Waals surface area (Å²) < 4.78 is 41.8. The zero-order chi connectivity index (χ0) is 17.7. The third kappa shape index (κ3) is 6.08. The molecule has 0 bridgehead atoms. The Morgan fingerprint density at radius 1 is 1.32 bits per heavy atom. The lowest BCUT2D eigenvalue weighted by atomic mass is 10.1. The van der Waals surface area contributed by atoms with Gasteiger partial charge in [0.1, 0.15) is 5.75 Å².